The molecule has 0 aliphatic carbocycles. The lowest BCUT2D eigenvalue weighted by molar-refractivity contribution is -0.129. The Labute approximate surface area is 114 Å². The van der Waals surface area contributed by atoms with Gasteiger partial charge >= 0.3 is 0 Å². The average molecular weight is 284 g/mol. The van der Waals surface area contributed by atoms with Crippen LogP contribution in [0.25, 0.3) is 0 Å². The Hall–Kier alpha value is -1.40. The molecule has 0 heterocycles. The molecule has 0 aromatic heterocycles. The highest BCUT2D eigenvalue weighted by molar-refractivity contribution is 7.91. The van der Waals surface area contributed by atoms with E-state index in [0.29, 0.717) is 11.4 Å². The van der Waals surface area contributed by atoms with Crippen LogP contribution in [0.1, 0.15) is 0 Å². The van der Waals surface area contributed by atoms with E-state index in [2.05, 4.69) is 0 Å². The van der Waals surface area contributed by atoms with Crippen LogP contribution in [0, 0.1) is 0 Å². The molecule has 0 aliphatic rings. The van der Waals surface area contributed by atoms with E-state index >= 15 is 0 Å². The summed E-state index contributed by atoms with van der Waals surface area (Å²) in [4.78, 5) is 15.0. The second-order valence-electron chi connectivity index (χ2n) is 4.66. The number of carbonyl (C=O) groups is 1. The molecule has 106 valence electrons. The SMILES string of the molecule is CN(CCS(=O)(=O)c1ccccc1)CC(=O)N(C)C. The molecule has 6 heteroatoms. The number of nitrogens with zero attached hydrogens (tertiary/aromatic N) is 2. The number of rotatable bonds is 6. The summed E-state index contributed by atoms with van der Waals surface area (Å²) in [6.07, 6.45) is 0. The van der Waals surface area contributed by atoms with Gasteiger partial charge in [0.15, 0.2) is 9.84 Å². The van der Waals surface area contributed by atoms with Gasteiger partial charge in [0.25, 0.3) is 0 Å². The number of benzene rings is 1. The summed E-state index contributed by atoms with van der Waals surface area (Å²) in [5.74, 6) is -0.0339. The first-order valence-corrected chi connectivity index (χ1v) is 7.64. The molecule has 0 radical (unpaired) electrons. The topological polar surface area (TPSA) is 57.7 Å². The minimum atomic E-state index is -3.28. The number of amides is 1. The second-order valence-corrected chi connectivity index (χ2v) is 6.77. The van der Waals surface area contributed by atoms with Crippen molar-refractivity contribution in [3.63, 3.8) is 0 Å². The molecule has 0 N–H and O–H groups in total. The maximum absolute atomic E-state index is 12.0. The molecule has 1 amide bonds. The van der Waals surface area contributed by atoms with Gasteiger partial charge in [0.05, 0.1) is 17.2 Å². The maximum Gasteiger partial charge on any atom is 0.236 e. The van der Waals surface area contributed by atoms with Crippen molar-refractivity contribution in [1.82, 2.24) is 9.80 Å². The summed E-state index contributed by atoms with van der Waals surface area (Å²) < 4.78 is 24.1. The van der Waals surface area contributed by atoms with Crippen LogP contribution in [0.5, 0.6) is 0 Å². The largest absolute Gasteiger partial charge is 0.348 e. The minimum absolute atomic E-state index is 0.00816. The fourth-order valence-corrected chi connectivity index (χ4v) is 2.83. The quantitative estimate of drug-likeness (QED) is 0.762. The number of sulfone groups is 1. The van der Waals surface area contributed by atoms with Gasteiger partial charge in [-0.2, -0.15) is 0 Å². The second kappa shape index (κ2) is 6.68. The lowest BCUT2D eigenvalue weighted by Crippen LogP contribution is -2.36. The monoisotopic (exact) mass is 284 g/mol. The van der Waals surface area contributed by atoms with Gasteiger partial charge in [-0.1, -0.05) is 18.2 Å². The van der Waals surface area contributed by atoms with E-state index in [1.54, 1.807) is 56.4 Å². The number of hydrogen-bond donors (Lipinski definition) is 0. The van der Waals surface area contributed by atoms with Crippen molar-refractivity contribution >= 4 is 15.7 Å². The van der Waals surface area contributed by atoms with Crippen molar-refractivity contribution in [2.75, 3.05) is 40.0 Å². The molecule has 0 bridgehead atoms. The Morgan fingerprint density at radius 2 is 1.68 bits per heavy atom. The van der Waals surface area contributed by atoms with Crippen molar-refractivity contribution in [3.8, 4) is 0 Å². The van der Waals surface area contributed by atoms with E-state index in [9.17, 15) is 13.2 Å². The van der Waals surface area contributed by atoms with E-state index in [-0.39, 0.29) is 18.2 Å². The molecule has 0 saturated heterocycles. The van der Waals surface area contributed by atoms with Gasteiger partial charge in [-0.25, -0.2) is 8.42 Å². The predicted octanol–water partition coefficient (Wildman–Crippen LogP) is 0.480. The smallest absolute Gasteiger partial charge is 0.236 e. The van der Waals surface area contributed by atoms with Gasteiger partial charge in [-0.3, -0.25) is 9.69 Å². The first-order chi connectivity index (χ1) is 8.83. The van der Waals surface area contributed by atoms with Gasteiger partial charge in [0, 0.05) is 20.6 Å². The van der Waals surface area contributed by atoms with Gasteiger partial charge in [0.2, 0.25) is 5.91 Å². The van der Waals surface area contributed by atoms with Crippen LogP contribution in [-0.4, -0.2) is 64.1 Å². The summed E-state index contributed by atoms with van der Waals surface area (Å²) in [6.45, 7) is 0.550. The zero-order valence-electron chi connectivity index (χ0n) is 11.5. The zero-order valence-corrected chi connectivity index (χ0v) is 12.4. The summed E-state index contributed by atoms with van der Waals surface area (Å²) >= 11 is 0. The number of likely N-dealkylation sites (N-methyl/N-ethyl adjacent to an activating group) is 2. The Balaban J connectivity index is 2.55. The third kappa shape index (κ3) is 5.00. The van der Waals surface area contributed by atoms with Crippen LogP contribution < -0.4 is 0 Å². The van der Waals surface area contributed by atoms with Crippen LogP contribution in [0.2, 0.25) is 0 Å². The summed E-state index contributed by atoms with van der Waals surface area (Å²) in [5.41, 5.74) is 0. The molecule has 19 heavy (non-hydrogen) atoms. The van der Waals surface area contributed by atoms with Crippen LogP contribution in [0.3, 0.4) is 0 Å². The van der Waals surface area contributed by atoms with Crippen molar-refractivity contribution in [2.24, 2.45) is 0 Å². The van der Waals surface area contributed by atoms with Crippen LogP contribution in [-0.2, 0) is 14.6 Å². The number of hydrogen-bond acceptors (Lipinski definition) is 4. The summed E-state index contributed by atoms with van der Waals surface area (Å²) in [5, 5.41) is 0. The minimum Gasteiger partial charge on any atom is -0.348 e. The maximum atomic E-state index is 12.0. The van der Waals surface area contributed by atoms with Gasteiger partial charge in [0.1, 0.15) is 0 Å². The molecule has 1 aromatic carbocycles. The van der Waals surface area contributed by atoms with Crippen molar-refractivity contribution < 1.29 is 13.2 Å². The predicted molar refractivity (Wildman–Crippen MR) is 74.7 cm³/mol. The van der Waals surface area contributed by atoms with Crippen molar-refractivity contribution in [1.29, 1.82) is 0 Å². The molecule has 0 fully saturated rings. The highest BCUT2D eigenvalue weighted by atomic mass is 32.2. The molecule has 0 atom stereocenters. The van der Waals surface area contributed by atoms with E-state index in [0.717, 1.165) is 0 Å². The molecule has 1 rings (SSSR count). The Morgan fingerprint density at radius 3 is 2.21 bits per heavy atom. The van der Waals surface area contributed by atoms with Gasteiger partial charge in [-0.15, -0.1) is 0 Å². The van der Waals surface area contributed by atoms with Crippen LogP contribution in [0.15, 0.2) is 35.2 Å². The highest BCUT2D eigenvalue weighted by Crippen LogP contribution is 2.09. The zero-order chi connectivity index (χ0) is 14.5. The Morgan fingerprint density at radius 1 is 1.11 bits per heavy atom. The van der Waals surface area contributed by atoms with E-state index in [1.165, 1.54) is 4.90 Å². The lowest BCUT2D eigenvalue weighted by Gasteiger charge is -2.18. The fourth-order valence-electron chi connectivity index (χ4n) is 1.47. The summed E-state index contributed by atoms with van der Waals surface area (Å²) in [7, 11) is 1.81. The van der Waals surface area contributed by atoms with Crippen LogP contribution >= 0.6 is 0 Å². The number of carbonyl (C=O) groups excluding carboxylic acids is 1. The van der Waals surface area contributed by atoms with Gasteiger partial charge < -0.3 is 4.90 Å². The summed E-state index contributed by atoms with van der Waals surface area (Å²) in [6, 6.07) is 8.35. The average Bonchev–Trinajstić information content (AvgIpc) is 2.37. The Bertz CT molecular complexity index is 512. The first kappa shape index (κ1) is 15.7. The Kier molecular flexibility index (Phi) is 5.50. The lowest BCUT2D eigenvalue weighted by atomic mass is 10.4. The molecular formula is C13H20N2O3S. The van der Waals surface area contributed by atoms with E-state index in [1.807, 2.05) is 0 Å². The molecule has 0 saturated carbocycles. The molecular weight excluding hydrogens is 264 g/mol. The molecule has 5 nitrogen and oxygen atoms in total. The van der Waals surface area contributed by atoms with E-state index in [4.69, 9.17) is 0 Å². The molecule has 1 aromatic rings. The normalized spacial score (nSPS) is 11.6. The molecule has 0 unspecified atom stereocenters. The standard InChI is InChI=1S/C13H20N2O3S/c1-14(2)13(16)11-15(3)9-10-19(17,18)12-7-5-4-6-8-12/h4-8H,9-11H2,1-3H3. The third-order valence-electron chi connectivity index (χ3n) is 2.75. The van der Waals surface area contributed by atoms with Crippen LogP contribution in [0.4, 0.5) is 0 Å². The highest BCUT2D eigenvalue weighted by Gasteiger charge is 2.16. The van der Waals surface area contributed by atoms with Crippen molar-refractivity contribution in [2.45, 2.75) is 4.90 Å². The molecule has 0 spiro atoms. The van der Waals surface area contributed by atoms with Gasteiger partial charge in [-0.05, 0) is 19.2 Å². The molecule has 0 aliphatic heterocycles. The van der Waals surface area contributed by atoms with Crippen molar-refractivity contribution in [3.05, 3.63) is 30.3 Å². The van der Waals surface area contributed by atoms with E-state index < -0.39 is 9.84 Å². The first-order valence-electron chi connectivity index (χ1n) is 5.99. The third-order valence-corrected chi connectivity index (χ3v) is 4.46. The fraction of sp³-hybridized carbons (Fsp3) is 0.462.